The summed E-state index contributed by atoms with van der Waals surface area (Å²) in [5.41, 5.74) is 3.18. The van der Waals surface area contributed by atoms with Gasteiger partial charge >= 0.3 is 0 Å². The maximum absolute atomic E-state index is 12.0. The van der Waals surface area contributed by atoms with Gasteiger partial charge in [-0.3, -0.25) is 4.79 Å². The number of benzene rings is 1. The van der Waals surface area contributed by atoms with Crippen LogP contribution in [-0.4, -0.2) is 4.98 Å². The van der Waals surface area contributed by atoms with Crippen molar-refractivity contribution in [3.05, 3.63) is 45.2 Å². The Morgan fingerprint density at radius 2 is 1.68 bits per heavy atom. The van der Waals surface area contributed by atoms with Crippen molar-refractivity contribution in [1.29, 1.82) is 5.26 Å². The highest BCUT2D eigenvalue weighted by Gasteiger charge is 2.11. The van der Waals surface area contributed by atoms with Crippen molar-refractivity contribution < 1.29 is 0 Å². The van der Waals surface area contributed by atoms with Gasteiger partial charge in [0.25, 0.3) is 5.56 Å². The zero-order chi connectivity index (χ0) is 14.2. The minimum Gasteiger partial charge on any atom is -0.322 e. The molecule has 2 rings (SSSR count). The van der Waals surface area contributed by atoms with Crippen molar-refractivity contribution in [3.8, 4) is 6.07 Å². The van der Waals surface area contributed by atoms with Crippen LogP contribution in [0, 0.1) is 11.3 Å². The van der Waals surface area contributed by atoms with Crippen molar-refractivity contribution in [1.82, 2.24) is 4.98 Å². The number of hydrogen-bond donors (Lipinski definition) is 1. The number of nitrogens with zero attached hydrogens (tertiary/aromatic N) is 1. The second-order valence-electron chi connectivity index (χ2n) is 5.50. The topological polar surface area (TPSA) is 56.6 Å². The van der Waals surface area contributed by atoms with E-state index in [-0.39, 0.29) is 17.4 Å². The molecule has 0 amide bonds. The van der Waals surface area contributed by atoms with E-state index in [4.69, 9.17) is 0 Å². The summed E-state index contributed by atoms with van der Waals surface area (Å²) in [6.45, 7) is 8.07. The predicted octanol–water partition coefficient (Wildman–Crippen LogP) is 3.65. The van der Waals surface area contributed by atoms with Gasteiger partial charge in [0, 0.05) is 11.1 Å². The highest BCUT2D eigenvalue weighted by atomic mass is 16.1. The fourth-order valence-corrected chi connectivity index (χ4v) is 2.29. The zero-order valence-electron chi connectivity index (χ0n) is 11.7. The summed E-state index contributed by atoms with van der Waals surface area (Å²) in [7, 11) is 0. The van der Waals surface area contributed by atoms with Crippen molar-refractivity contribution in [3.63, 3.8) is 0 Å². The first-order valence-corrected chi connectivity index (χ1v) is 6.55. The highest BCUT2D eigenvalue weighted by Crippen LogP contribution is 2.25. The molecule has 0 saturated carbocycles. The van der Waals surface area contributed by atoms with Crippen molar-refractivity contribution in [2.45, 2.75) is 39.5 Å². The molecule has 0 radical (unpaired) electrons. The highest BCUT2D eigenvalue weighted by molar-refractivity contribution is 5.82. The second kappa shape index (κ2) is 4.89. The number of nitriles is 1. The van der Waals surface area contributed by atoms with E-state index in [1.165, 1.54) is 0 Å². The van der Waals surface area contributed by atoms with E-state index in [0.717, 1.165) is 22.0 Å². The van der Waals surface area contributed by atoms with Crippen LogP contribution < -0.4 is 5.56 Å². The first kappa shape index (κ1) is 13.4. The Bertz CT molecular complexity index is 718. The lowest BCUT2D eigenvalue weighted by Crippen LogP contribution is -2.13. The lowest BCUT2D eigenvalue weighted by molar-refractivity contribution is 0.846. The number of fused-ring (bicyclic) bond motifs is 1. The van der Waals surface area contributed by atoms with Crippen LogP contribution in [0.5, 0.6) is 0 Å². The molecule has 1 aromatic carbocycles. The van der Waals surface area contributed by atoms with Crippen LogP contribution in [0.1, 0.15) is 56.2 Å². The van der Waals surface area contributed by atoms with E-state index in [1.54, 1.807) is 0 Å². The first-order chi connectivity index (χ1) is 8.93. The minimum atomic E-state index is -0.0399. The van der Waals surface area contributed by atoms with Crippen LogP contribution in [0.3, 0.4) is 0 Å². The van der Waals surface area contributed by atoms with Gasteiger partial charge in [0.1, 0.15) is 0 Å². The summed E-state index contributed by atoms with van der Waals surface area (Å²) < 4.78 is 0. The molecule has 1 heterocycles. The molecule has 19 heavy (non-hydrogen) atoms. The van der Waals surface area contributed by atoms with Crippen molar-refractivity contribution in [2.75, 3.05) is 0 Å². The van der Waals surface area contributed by atoms with Gasteiger partial charge in [-0.15, -0.1) is 0 Å². The van der Waals surface area contributed by atoms with E-state index >= 15 is 0 Å². The van der Waals surface area contributed by atoms with E-state index < -0.39 is 0 Å². The average Bonchev–Trinajstić information content (AvgIpc) is 2.35. The fourth-order valence-electron chi connectivity index (χ4n) is 2.29. The SMILES string of the molecule is CC(C)c1cc2[nH]c(=O)c(C(C)C)cc2cc1C#N. The lowest BCUT2D eigenvalue weighted by Gasteiger charge is -2.11. The standard InChI is InChI=1S/C16H18N2O/c1-9(2)13-7-15-11(5-12(13)8-17)6-14(10(3)4)16(19)18-15/h5-7,9-10H,1-4H3,(H,18,19). The fraction of sp³-hybridized carbons (Fsp3) is 0.375. The van der Waals surface area contributed by atoms with Gasteiger partial charge in [-0.05, 0) is 41.0 Å². The van der Waals surface area contributed by atoms with Gasteiger partial charge in [0.05, 0.1) is 11.6 Å². The van der Waals surface area contributed by atoms with Crippen molar-refractivity contribution >= 4 is 10.9 Å². The van der Waals surface area contributed by atoms with E-state index in [9.17, 15) is 10.1 Å². The number of pyridine rings is 1. The Morgan fingerprint density at radius 3 is 2.21 bits per heavy atom. The van der Waals surface area contributed by atoms with Crippen LogP contribution >= 0.6 is 0 Å². The van der Waals surface area contributed by atoms with Gasteiger partial charge in [-0.1, -0.05) is 27.7 Å². The Hall–Kier alpha value is -2.08. The summed E-state index contributed by atoms with van der Waals surface area (Å²) in [6.07, 6.45) is 0. The smallest absolute Gasteiger partial charge is 0.251 e. The third-order valence-electron chi connectivity index (χ3n) is 3.41. The Morgan fingerprint density at radius 1 is 1.05 bits per heavy atom. The third-order valence-corrected chi connectivity index (χ3v) is 3.41. The first-order valence-electron chi connectivity index (χ1n) is 6.55. The molecule has 0 saturated heterocycles. The molecule has 0 fully saturated rings. The number of H-pyrrole nitrogens is 1. The maximum atomic E-state index is 12.0. The molecule has 0 aliphatic carbocycles. The number of hydrogen-bond acceptors (Lipinski definition) is 2. The van der Waals surface area contributed by atoms with Gasteiger partial charge < -0.3 is 4.98 Å². The van der Waals surface area contributed by atoms with Crippen LogP contribution in [0.15, 0.2) is 23.0 Å². The molecule has 98 valence electrons. The van der Waals surface area contributed by atoms with Gasteiger partial charge in [-0.2, -0.15) is 5.26 Å². The zero-order valence-corrected chi connectivity index (χ0v) is 11.7. The van der Waals surface area contributed by atoms with E-state index in [2.05, 4.69) is 11.1 Å². The molecule has 2 aromatic rings. The summed E-state index contributed by atoms with van der Waals surface area (Å²) in [4.78, 5) is 14.9. The second-order valence-corrected chi connectivity index (χ2v) is 5.50. The molecule has 0 unspecified atom stereocenters. The van der Waals surface area contributed by atoms with E-state index in [0.29, 0.717) is 5.56 Å². The van der Waals surface area contributed by atoms with E-state index in [1.807, 2.05) is 45.9 Å². The van der Waals surface area contributed by atoms with Crippen LogP contribution in [0.25, 0.3) is 10.9 Å². The molecule has 0 aliphatic rings. The predicted molar refractivity (Wildman–Crippen MR) is 77.5 cm³/mol. The minimum absolute atomic E-state index is 0.0399. The molecule has 1 N–H and O–H groups in total. The van der Waals surface area contributed by atoms with Gasteiger partial charge in [0.15, 0.2) is 0 Å². The van der Waals surface area contributed by atoms with Crippen LogP contribution in [-0.2, 0) is 0 Å². The third kappa shape index (κ3) is 2.39. The molecule has 1 aromatic heterocycles. The maximum Gasteiger partial charge on any atom is 0.251 e. The average molecular weight is 254 g/mol. The number of aromatic amines is 1. The van der Waals surface area contributed by atoms with Crippen LogP contribution in [0.2, 0.25) is 0 Å². The van der Waals surface area contributed by atoms with Crippen LogP contribution in [0.4, 0.5) is 0 Å². The molecular weight excluding hydrogens is 236 g/mol. The number of nitrogens with one attached hydrogen (secondary N) is 1. The number of rotatable bonds is 2. The summed E-state index contributed by atoms with van der Waals surface area (Å²) in [5.74, 6) is 0.427. The summed E-state index contributed by atoms with van der Waals surface area (Å²) in [6, 6.07) is 7.92. The molecule has 0 atom stereocenters. The monoisotopic (exact) mass is 254 g/mol. The van der Waals surface area contributed by atoms with Gasteiger partial charge in [0.2, 0.25) is 0 Å². The Kier molecular flexibility index (Phi) is 3.44. The largest absolute Gasteiger partial charge is 0.322 e. The molecule has 0 spiro atoms. The molecular formula is C16H18N2O. The molecule has 3 heteroatoms. The Balaban J connectivity index is 2.80. The Labute approximate surface area is 112 Å². The summed E-state index contributed by atoms with van der Waals surface area (Å²) >= 11 is 0. The molecule has 0 aliphatic heterocycles. The lowest BCUT2D eigenvalue weighted by atomic mass is 9.94. The molecule has 0 bridgehead atoms. The van der Waals surface area contributed by atoms with Gasteiger partial charge in [-0.25, -0.2) is 0 Å². The summed E-state index contributed by atoms with van der Waals surface area (Å²) in [5, 5.41) is 10.2. The van der Waals surface area contributed by atoms with Crippen molar-refractivity contribution in [2.24, 2.45) is 0 Å². The normalized spacial score (nSPS) is 11.2. The molecule has 3 nitrogen and oxygen atoms in total. The number of aromatic nitrogens is 1. The quantitative estimate of drug-likeness (QED) is 0.889.